The van der Waals surface area contributed by atoms with E-state index in [4.69, 9.17) is 5.11 Å². The van der Waals surface area contributed by atoms with Gasteiger partial charge in [0.25, 0.3) is 0 Å². The zero-order valence-corrected chi connectivity index (χ0v) is 10.8. The Labute approximate surface area is 112 Å². The molecule has 1 atom stereocenters. The summed E-state index contributed by atoms with van der Waals surface area (Å²) in [5.41, 5.74) is 0. The van der Waals surface area contributed by atoms with Gasteiger partial charge in [-0.2, -0.15) is 4.31 Å². The molecule has 2 rings (SSSR count). The molecule has 0 aliphatic carbocycles. The molecule has 1 aromatic carbocycles. The minimum absolute atomic E-state index is 0.0546. The number of sulfonamides is 1. The van der Waals surface area contributed by atoms with E-state index in [2.05, 4.69) is 0 Å². The molecule has 0 aromatic heterocycles. The second kappa shape index (κ2) is 5.06. The molecule has 1 unspecified atom stereocenters. The number of nitrogens with zero attached hydrogens (tertiary/aromatic N) is 1. The molecule has 1 aliphatic heterocycles. The summed E-state index contributed by atoms with van der Waals surface area (Å²) in [7, 11) is -4.53. The first-order valence-electron chi connectivity index (χ1n) is 5.61. The summed E-state index contributed by atoms with van der Waals surface area (Å²) in [5.74, 6) is -6.41. The predicted octanol–water partition coefficient (Wildman–Crippen LogP) is 1.20. The van der Waals surface area contributed by atoms with E-state index in [1.54, 1.807) is 0 Å². The Morgan fingerprint density at radius 2 is 1.80 bits per heavy atom. The van der Waals surface area contributed by atoms with Crippen LogP contribution in [0.2, 0.25) is 0 Å². The van der Waals surface area contributed by atoms with Gasteiger partial charge in [-0.3, -0.25) is 4.79 Å². The molecule has 1 aliphatic rings. The van der Waals surface area contributed by atoms with E-state index in [1.807, 2.05) is 0 Å². The minimum atomic E-state index is -4.53. The van der Waals surface area contributed by atoms with Crippen molar-refractivity contribution in [3.8, 4) is 0 Å². The van der Waals surface area contributed by atoms with E-state index < -0.39 is 44.3 Å². The lowest BCUT2D eigenvalue weighted by Gasteiger charge is -2.16. The van der Waals surface area contributed by atoms with Crippen LogP contribution in [0.25, 0.3) is 0 Å². The number of aliphatic carboxylic acids is 1. The van der Waals surface area contributed by atoms with E-state index in [0.717, 1.165) is 0 Å². The summed E-state index contributed by atoms with van der Waals surface area (Å²) in [6.07, 6.45) is 0.0546. The minimum Gasteiger partial charge on any atom is -0.481 e. The van der Waals surface area contributed by atoms with Gasteiger partial charge >= 0.3 is 5.97 Å². The molecule has 9 heteroatoms. The Hall–Kier alpha value is -1.61. The van der Waals surface area contributed by atoms with Crippen LogP contribution in [0.4, 0.5) is 13.2 Å². The summed E-state index contributed by atoms with van der Waals surface area (Å²) in [6.45, 7) is -0.524. The summed E-state index contributed by atoms with van der Waals surface area (Å²) in [5, 5.41) is 8.79. The summed E-state index contributed by atoms with van der Waals surface area (Å²) in [4.78, 5) is 9.51. The van der Waals surface area contributed by atoms with Crippen molar-refractivity contribution in [3.63, 3.8) is 0 Å². The van der Waals surface area contributed by atoms with Crippen LogP contribution in [-0.4, -0.2) is 36.9 Å². The maximum absolute atomic E-state index is 13.5. The summed E-state index contributed by atoms with van der Waals surface area (Å²) >= 11 is 0. The zero-order valence-electron chi connectivity index (χ0n) is 10.0. The lowest BCUT2D eigenvalue weighted by molar-refractivity contribution is -0.141. The van der Waals surface area contributed by atoms with Gasteiger partial charge in [0.15, 0.2) is 4.90 Å². The fraction of sp³-hybridized carbons (Fsp3) is 0.364. The molecule has 110 valence electrons. The maximum atomic E-state index is 13.5. The number of carbonyl (C=O) groups is 1. The van der Waals surface area contributed by atoms with Crippen LogP contribution in [-0.2, 0) is 14.8 Å². The van der Waals surface area contributed by atoms with Crippen molar-refractivity contribution < 1.29 is 31.5 Å². The van der Waals surface area contributed by atoms with Gasteiger partial charge in [0.2, 0.25) is 10.0 Å². The molecule has 1 N–H and O–H groups in total. The molecule has 1 fully saturated rings. The highest BCUT2D eigenvalue weighted by Gasteiger charge is 2.38. The molecular weight excluding hydrogens is 299 g/mol. The van der Waals surface area contributed by atoms with Crippen molar-refractivity contribution in [1.29, 1.82) is 0 Å². The zero-order chi connectivity index (χ0) is 15.1. The largest absolute Gasteiger partial charge is 0.481 e. The number of rotatable bonds is 3. The second-order valence-electron chi connectivity index (χ2n) is 4.39. The fourth-order valence-electron chi connectivity index (χ4n) is 2.05. The normalized spacial score (nSPS) is 20.2. The lowest BCUT2D eigenvalue weighted by Crippen LogP contribution is -2.31. The van der Waals surface area contributed by atoms with E-state index in [0.29, 0.717) is 4.31 Å². The number of benzene rings is 1. The third-order valence-electron chi connectivity index (χ3n) is 3.06. The average molecular weight is 309 g/mol. The van der Waals surface area contributed by atoms with E-state index in [9.17, 15) is 26.4 Å². The van der Waals surface area contributed by atoms with Crippen molar-refractivity contribution in [2.75, 3.05) is 13.1 Å². The first-order chi connectivity index (χ1) is 9.23. The number of hydrogen-bond donors (Lipinski definition) is 1. The number of halogens is 3. The molecule has 0 spiro atoms. The van der Waals surface area contributed by atoms with Crippen LogP contribution < -0.4 is 0 Å². The molecule has 1 saturated heterocycles. The van der Waals surface area contributed by atoms with Gasteiger partial charge in [-0.15, -0.1) is 0 Å². The number of carboxylic acids is 1. The third-order valence-corrected chi connectivity index (χ3v) is 4.98. The van der Waals surface area contributed by atoms with E-state index in [1.165, 1.54) is 0 Å². The molecule has 5 nitrogen and oxygen atoms in total. The molecule has 0 radical (unpaired) electrons. The Bertz CT molecular complexity index is 639. The van der Waals surface area contributed by atoms with Gasteiger partial charge in [0.1, 0.15) is 17.5 Å². The number of carboxylic acid groups (broad SMARTS) is 1. The molecule has 20 heavy (non-hydrogen) atoms. The van der Waals surface area contributed by atoms with Crippen LogP contribution in [0.5, 0.6) is 0 Å². The van der Waals surface area contributed by atoms with Gasteiger partial charge in [-0.1, -0.05) is 0 Å². The standard InChI is InChI=1S/C11H10F3NO4S/c12-7-3-8(13)10(9(14)4-7)20(18,19)15-2-1-6(5-15)11(16)17/h3-4,6H,1-2,5H2,(H,16,17). The Morgan fingerprint density at radius 1 is 1.25 bits per heavy atom. The third kappa shape index (κ3) is 2.50. The lowest BCUT2D eigenvalue weighted by atomic mass is 10.1. The molecule has 0 amide bonds. The molecule has 1 heterocycles. The molecule has 1 aromatic rings. The number of hydrogen-bond acceptors (Lipinski definition) is 3. The predicted molar refractivity (Wildman–Crippen MR) is 60.8 cm³/mol. The van der Waals surface area contributed by atoms with Crippen LogP contribution in [0.15, 0.2) is 17.0 Å². The monoisotopic (exact) mass is 309 g/mol. The molecule has 0 bridgehead atoms. The Kier molecular flexibility index (Phi) is 3.74. The van der Waals surface area contributed by atoms with Crippen LogP contribution >= 0.6 is 0 Å². The Morgan fingerprint density at radius 3 is 2.25 bits per heavy atom. The van der Waals surface area contributed by atoms with E-state index in [-0.39, 0.29) is 31.6 Å². The highest BCUT2D eigenvalue weighted by atomic mass is 32.2. The SMILES string of the molecule is O=C(O)C1CCN(S(=O)(=O)c2c(F)cc(F)cc2F)C1. The Balaban J connectivity index is 2.40. The topological polar surface area (TPSA) is 74.7 Å². The van der Waals surface area contributed by atoms with E-state index >= 15 is 0 Å². The van der Waals surface area contributed by atoms with Gasteiger partial charge in [0.05, 0.1) is 5.92 Å². The first kappa shape index (κ1) is 14.8. The summed E-state index contributed by atoms with van der Waals surface area (Å²) < 4.78 is 64.7. The van der Waals surface area contributed by atoms with Crippen LogP contribution in [0.1, 0.15) is 6.42 Å². The first-order valence-corrected chi connectivity index (χ1v) is 7.05. The van der Waals surface area contributed by atoms with Gasteiger partial charge in [-0.25, -0.2) is 21.6 Å². The van der Waals surface area contributed by atoms with Crippen molar-refractivity contribution in [1.82, 2.24) is 4.31 Å². The molecular formula is C11H10F3NO4S. The quantitative estimate of drug-likeness (QED) is 0.910. The average Bonchev–Trinajstić information content (AvgIpc) is 2.76. The van der Waals surface area contributed by atoms with Crippen LogP contribution in [0.3, 0.4) is 0 Å². The van der Waals surface area contributed by atoms with Gasteiger partial charge in [-0.05, 0) is 6.42 Å². The smallest absolute Gasteiger partial charge is 0.307 e. The van der Waals surface area contributed by atoms with Crippen molar-refractivity contribution >= 4 is 16.0 Å². The van der Waals surface area contributed by atoms with Crippen molar-refractivity contribution in [2.45, 2.75) is 11.3 Å². The van der Waals surface area contributed by atoms with Gasteiger partial charge < -0.3 is 5.11 Å². The van der Waals surface area contributed by atoms with Crippen LogP contribution in [0, 0.1) is 23.4 Å². The maximum Gasteiger partial charge on any atom is 0.307 e. The second-order valence-corrected chi connectivity index (χ2v) is 6.26. The van der Waals surface area contributed by atoms with Crippen molar-refractivity contribution in [2.24, 2.45) is 5.92 Å². The van der Waals surface area contributed by atoms with Gasteiger partial charge in [0, 0.05) is 25.2 Å². The molecule has 0 saturated carbocycles. The highest BCUT2D eigenvalue weighted by Crippen LogP contribution is 2.28. The summed E-state index contributed by atoms with van der Waals surface area (Å²) in [6, 6.07) is 0.529. The highest BCUT2D eigenvalue weighted by molar-refractivity contribution is 7.89. The van der Waals surface area contributed by atoms with Crippen molar-refractivity contribution in [3.05, 3.63) is 29.6 Å². The fourth-order valence-corrected chi connectivity index (χ4v) is 3.64.